The van der Waals surface area contributed by atoms with E-state index in [9.17, 15) is 4.79 Å². The Hall–Kier alpha value is -1.35. The van der Waals surface area contributed by atoms with Crippen LogP contribution in [0.15, 0.2) is 30.3 Å². The zero-order valence-corrected chi connectivity index (χ0v) is 9.27. The van der Waals surface area contributed by atoms with Gasteiger partial charge in [0, 0.05) is 6.42 Å². The minimum absolute atomic E-state index is 0.164. The largest absolute Gasteiger partial charge is 0.427 e. The van der Waals surface area contributed by atoms with Gasteiger partial charge in [0.2, 0.25) is 0 Å². The van der Waals surface area contributed by atoms with Crippen LogP contribution >= 0.6 is 0 Å². The van der Waals surface area contributed by atoms with Crippen LogP contribution in [0.25, 0.3) is 0 Å². The van der Waals surface area contributed by atoms with Gasteiger partial charge >= 0.3 is 5.97 Å². The zero-order valence-electron chi connectivity index (χ0n) is 9.27. The number of hydrogen-bond acceptors (Lipinski definition) is 3. The van der Waals surface area contributed by atoms with Crippen LogP contribution in [0.3, 0.4) is 0 Å². The van der Waals surface area contributed by atoms with Crippen molar-refractivity contribution in [2.24, 2.45) is 0 Å². The van der Waals surface area contributed by atoms with Crippen LogP contribution in [0.4, 0.5) is 0 Å². The van der Waals surface area contributed by atoms with E-state index in [1.807, 2.05) is 32.3 Å². The zero-order chi connectivity index (χ0) is 11.1. The first-order chi connectivity index (χ1) is 7.18. The van der Waals surface area contributed by atoms with E-state index in [-0.39, 0.29) is 5.97 Å². The van der Waals surface area contributed by atoms with Crippen molar-refractivity contribution >= 4 is 5.97 Å². The van der Waals surface area contributed by atoms with Crippen molar-refractivity contribution in [3.63, 3.8) is 0 Å². The smallest absolute Gasteiger partial charge is 0.311 e. The average Bonchev–Trinajstić information content (AvgIpc) is 2.18. The SMILES string of the molecule is CN(C)CCCC(=O)Oc1ccccc1. The molecule has 0 saturated carbocycles. The highest BCUT2D eigenvalue weighted by molar-refractivity contribution is 5.72. The Bertz CT molecular complexity index is 296. The van der Waals surface area contributed by atoms with E-state index in [0.717, 1.165) is 13.0 Å². The number of rotatable bonds is 5. The number of esters is 1. The molecule has 0 aliphatic heterocycles. The average molecular weight is 207 g/mol. The van der Waals surface area contributed by atoms with Crippen molar-refractivity contribution in [2.75, 3.05) is 20.6 Å². The molecule has 1 aromatic rings. The van der Waals surface area contributed by atoms with Gasteiger partial charge in [-0.25, -0.2) is 0 Å². The molecule has 82 valence electrons. The second-order valence-electron chi connectivity index (χ2n) is 3.69. The highest BCUT2D eigenvalue weighted by Crippen LogP contribution is 2.09. The molecule has 0 heterocycles. The molecule has 15 heavy (non-hydrogen) atoms. The number of para-hydroxylation sites is 1. The fourth-order valence-electron chi connectivity index (χ4n) is 1.21. The van der Waals surface area contributed by atoms with Crippen molar-refractivity contribution in [3.8, 4) is 5.75 Å². The molecule has 0 fully saturated rings. The van der Waals surface area contributed by atoms with Crippen molar-refractivity contribution in [1.82, 2.24) is 4.90 Å². The summed E-state index contributed by atoms with van der Waals surface area (Å²) in [5, 5.41) is 0. The van der Waals surface area contributed by atoms with Gasteiger partial charge in [0.25, 0.3) is 0 Å². The van der Waals surface area contributed by atoms with E-state index in [2.05, 4.69) is 4.90 Å². The predicted molar refractivity (Wildman–Crippen MR) is 59.9 cm³/mol. The summed E-state index contributed by atoms with van der Waals surface area (Å²) in [5.41, 5.74) is 0. The van der Waals surface area contributed by atoms with E-state index in [1.54, 1.807) is 12.1 Å². The summed E-state index contributed by atoms with van der Waals surface area (Å²) in [6.07, 6.45) is 1.30. The first-order valence-corrected chi connectivity index (χ1v) is 5.09. The number of benzene rings is 1. The topological polar surface area (TPSA) is 29.5 Å². The maximum absolute atomic E-state index is 11.4. The molecule has 3 heteroatoms. The maximum Gasteiger partial charge on any atom is 0.311 e. The predicted octanol–water partition coefficient (Wildman–Crippen LogP) is 1.93. The van der Waals surface area contributed by atoms with Crippen LogP contribution in [-0.4, -0.2) is 31.5 Å². The van der Waals surface area contributed by atoms with Gasteiger partial charge in [-0.05, 0) is 39.2 Å². The van der Waals surface area contributed by atoms with Crippen molar-refractivity contribution < 1.29 is 9.53 Å². The number of carbonyl (C=O) groups is 1. The highest BCUT2D eigenvalue weighted by Gasteiger charge is 2.04. The number of carbonyl (C=O) groups excluding carboxylic acids is 1. The van der Waals surface area contributed by atoms with Crippen molar-refractivity contribution in [1.29, 1.82) is 0 Å². The number of hydrogen-bond donors (Lipinski definition) is 0. The molecule has 0 N–H and O–H groups in total. The van der Waals surface area contributed by atoms with Gasteiger partial charge < -0.3 is 9.64 Å². The summed E-state index contributed by atoms with van der Waals surface area (Å²) in [4.78, 5) is 13.4. The second-order valence-corrected chi connectivity index (χ2v) is 3.69. The van der Waals surface area contributed by atoms with Crippen LogP contribution < -0.4 is 4.74 Å². The van der Waals surface area contributed by atoms with Crippen molar-refractivity contribution in [3.05, 3.63) is 30.3 Å². The highest BCUT2D eigenvalue weighted by atomic mass is 16.5. The molecule has 0 saturated heterocycles. The molecular weight excluding hydrogens is 190 g/mol. The van der Waals surface area contributed by atoms with E-state index in [0.29, 0.717) is 12.2 Å². The summed E-state index contributed by atoms with van der Waals surface area (Å²) in [6, 6.07) is 9.15. The number of nitrogens with zero attached hydrogens (tertiary/aromatic N) is 1. The van der Waals surface area contributed by atoms with E-state index in [1.165, 1.54) is 0 Å². The van der Waals surface area contributed by atoms with E-state index in [4.69, 9.17) is 4.74 Å². The summed E-state index contributed by atoms with van der Waals surface area (Å²) < 4.78 is 5.14. The first kappa shape index (κ1) is 11.7. The van der Waals surface area contributed by atoms with Gasteiger partial charge in [-0.15, -0.1) is 0 Å². The third-order valence-corrected chi connectivity index (χ3v) is 1.96. The standard InChI is InChI=1S/C12H17NO2/c1-13(2)10-6-9-12(14)15-11-7-4-3-5-8-11/h3-5,7-8H,6,9-10H2,1-2H3. The van der Waals surface area contributed by atoms with Gasteiger partial charge in [-0.2, -0.15) is 0 Å². The monoisotopic (exact) mass is 207 g/mol. The molecule has 0 spiro atoms. The minimum Gasteiger partial charge on any atom is -0.427 e. The van der Waals surface area contributed by atoms with Crippen molar-refractivity contribution in [2.45, 2.75) is 12.8 Å². The summed E-state index contributed by atoms with van der Waals surface area (Å²) in [6.45, 7) is 0.907. The van der Waals surface area contributed by atoms with E-state index < -0.39 is 0 Å². The molecule has 1 rings (SSSR count). The molecule has 1 aromatic carbocycles. The molecule has 0 unspecified atom stereocenters. The summed E-state index contributed by atoms with van der Waals surface area (Å²) in [7, 11) is 3.98. The lowest BCUT2D eigenvalue weighted by Crippen LogP contribution is -2.16. The van der Waals surface area contributed by atoms with Crippen LogP contribution in [0, 0.1) is 0 Å². The lowest BCUT2D eigenvalue weighted by atomic mass is 10.3. The van der Waals surface area contributed by atoms with Gasteiger partial charge in [-0.3, -0.25) is 4.79 Å². The Kier molecular flexibility index (Phi) is 4.84. The van der Waals surface area contributed by atoms with Crippen LogP contribution in [-0.2, 0) is 4.79 Å². The lowest BCUT2D eigenvalue weighted by molar-refractivity contribution is -0.134. The fourth-order valence-corrected chi connectivity index (χ4v) is 1.21. The molecule has 0 aromatic heterocycles. The summed E-state index contributed by atoms with van der Waals surface area (Å²) >= 11 is 0. The molecular formula is C12H17NO2. The minimum atomic E-state index is -0.164. The third kappa shape index (κ3) is 5.18. The first-order valence-electron chi connectivity index (χ1n) is 5.09. The lowest BCUT2D eigenvalue weighted by Gasteiger charge is -2.08. The Morgan fingerprint density at radius 1 is 1.27 bits per heavy atom. The van der Waals surface area contributed by atoms with Gasteiger partial charge in [0.1, 0.15) is 5.75 Å². The Morgan fingerprint density at radius 2 is 1.93 bits per heavy atom. The fraction of sp³-hybridized carbons (Fsp3) is 0.417. The third-order valence-electron chi connectivity index (χ3n) is 1.96. The molecule has 0 atom stereocenters. The van der Waals surface area contributed by atoms with Crippen LogP contribution in [0.1, 0.15) is 12.8 Å². The second kappa shape index (κ2) is 6.19. The normalized spacial score (nSPS) is 10.3. The molecule has 0 aliphatic rings. The van der Waals surface area contributed by atoms with Gasteiger partial charge in [0.05, 0.1) is 0 Å². The number of ether oxygens (including phenoxy) is 1. The van der Waals surface area contributed by atoms with Gasteiger partial charge in [-0.1, -0.05) is 18.2 Å². The molecule has 3 nitrogen and oxygen atoms in total. The van der Waals surface area contributed by atoms with E-state index >= 15 is 0 Å². The molecule has 0 aliphatic carbocycles. The molecule has 0 bridgehead atoms. The Labute approximate surface area is 90.7 Å². The van der Waals surface area contributed by atoms with Gasteiger partial charge in [0.15, 0.2) is 0 Å². The molecule has 0 amide bonds. The molecule has 0 radical (unpaired) electrons. The Morgan fingerprint density at radius 3 is 2.53 bits per heavy atom. The maximum atomic E-state index is 11.4. The summed E-state index contributed by atoms with van der Waals surface area (Å²) in [5.74, 6) is 0.454. The van der Waals surface area contributed by atoms with Crippen LogP contribution in [0.5, 0.6) is 5.75 Å². The van der Waals surface area contributed by atoms with Crippen LogP contribution in [0.2, 0.25) is 0 Å². The Balaban J connectivity index is 2.25. The quantitative estimate of drug-likeness (QED) is 0.546.